The van der Waals surface area contributed by atoms with Crippen molar-refractivity contribution in [1.29, 1.82) is 0 Å². The van der Waals surface area contributed by atoms with Crippen molar-refractivity contribution in [2.24, 2.45) is 0 Å². The van der Waals surface area contributed by atoms with Crippen LogP contribution in [0.3, 0.4) is 0 Å². The molecular weight excluding hydrogens is 252 g/mol. The Balaban J connectivity index is 2.07. The molecule has 18 heavy (non-hydrogen) atoms. The van der Waals surface area contributed by atoms with Crippen molar-refractivity contribution in [2.75, 3.05) is 6.61 Å². The average molecular weight is 267 g/mol. The summed E-state index contributed by atoms with van der Waals surface area (Å²) in [5.74, 6) is -0.246. The highest BCUT2D eigenvalue weighted by atomic mass is 35.5. The van der Waals surface area contributed by atoms with Crippen LogP contribution in [0.5, 0.6) is 0 Å². The fourth-order valence-corrected chi connectivity index (χ4v) is 1.83. The molecule has 0 aromatic carbocycles. The molecule has 2 aromatic heterocycles. The Morgan fingerprint density at radius 1 is 1.56 bits per heavy atom. The number of unbranched alkanes of at least 4 members (excludes halogenated alkanes) is 1. The van der Waals surface area contributed by atoms with E-state index < -0.39 is 0 Å². The van der Waals surface area contributed by atoms with Crippen LogP contribution >= 0.6 is 11.6 Å². The number of fused-ring (bicyclic) bond motifs is 1. The highest BCUT2D eigenvalue weighted by Crippen LogP contribution is 2.16. The molecule has 0 aliphatic rings. The lowest BCUT2D eigenvalue weighted by Gasteiger charge is -2.02. The van der Waals surface area contributed by atoms with Crippen LogP contribution in [-0.4, -0.2) is 22.0 Å². The smallest absolute Gasteiger partial charge is 0.311 e. The van der Waals surface area contributed by atoms with Gasteiger partial charge in [-0.25, -0.2) is 4.98 Å². The number of aromatic nitrogens is 2. The van der Waals surface area contributed by atoms with Crippen molar-refractivity contribution < 1.29 is 9.53 Å². The molecule has 0 amide bonds. The van der Waals surface area contributed by atoms with Gasteiger partial charge in [-0.1, -0.05) is 24.9 Å². The predicted molar refractivity (Wildman–Crippen MR) is 69.8 cm³/mol. The summed E-state index contributed by atoms with van der Waals surface area (Å²) < 4.78 is 6.95. The van der Waals surface area contributed by atoms with Crippen LogP contribution in [0.25, 0.3) is 5.52 Å². The normalized spacial score (nSPS) is 10.8. The van der Waals surface area contributed by atoms with Crippen molar-refractivity contribution in [3.63, 3.8) is 0 Å². The minimum Gasteiger partial charge on any atom is -0.465 e. The molecule has 2 heterocycles. The first-order chi connectivity index (χ1) is 8.70. The number of ether oxygens (including phenoxy) is 1. The molecule has 5 heteroatoms. The Hall–Kier alpha value is -1.55. The van der Waals surface area contributed by atoms with Gasteiger partial charge in [0.1, 0.15) is 0 Å². The van der Waals surface area contributed by atoms with E-state index in [4.69, 9.17) is 16.3 Å². The Kier molecular flexibility index (Phi) is 4.20. The van der Waals surface area contributed by atoms with E-state index in [0.29, 0.717) is 17.3 Å². The summed E-state index contributed by atoms with van der Waals surface area (Å²) in [7, 11) is 0. The number of pyridine rings is 1. The van der Waals surface area contributed by atoms with Crippen molar-refractivity contribution >= 4 is 23.1 Å². The second-order valence-corrected chi connectivity index (χ2v) is 4.52. The number of rotatable bonds is 5. The first-order valence-electron chi connectivity index (χ1n) is 5.97. The van der Waals surface area contributed by atoms with Gasteiger partial charge >= 0.3 is 5.97 Å². The van der Waals surface area contributed by atoms with Crippen LogP contribution in [0.15, 0.2) is 24.7 Å². The van der Waals surface area contributed by atoms with Gasteiger partial charge in [0.05, 0.1) is 30.6 Å². The van der Waals surface area contributed by atoms with Crippen molar-refractivity contribution in [2.45, 2.75) is 26.2 Å². The van der Waals surface area contributed by atoms with Gasteiger partial charge in [-0.15, -0.1) is 0 Å². The summed E-state index contributed by atoms with van der Waals surface area (Å²) >= 11 is 5.93. The predicted octanol–water partition coefficient (Wildman–Crippen LogP) is 2.87. The Morgan fingerprint density at radius 3 is 3.17 bits per heavy atom. The van der Waals surface area contributed by atoms with E-state index in [1.807, 2.05) is 10.6 Å². The van der Waals surface area contributed by atoms with E-state index in [-0.39, 0.29) is 12.4 Å². The minimum atomic E-state index is -0.246. The average Bonchev–Trinajstić information content (AvgIpc) is 2.72. The summed E-state index contributed by atoms with van der Waals surface area (Å²) in [6, 6.07) is 3.57. The lowest BCUT2D eigenvalue weighted by atomic mass is 10.2. The molecule has 0 saturated carbocycles. The van der Waals surface area contributed by atoms with Crippen molar-refractivity contribution in [3.8, 4) is 0 Å². The maximum atomic E-state index is 11.6. The molecule has 4 nitrogen and oxygen atoms in total. The third-order valence-electron chi connectivity index (χ3n) is 2.65. The molecule has 0 radical (unpaired) electrons. The third kappa shape index (κ3) is 3.01. The number of halogens is 1. The minimum absolute atomic E-state index is 0.181. The Bertz CT molecular complexity index is 551. The summed E-state index contributed by atoms with van der Waals surface area (Å²) in [5, 5.41) is 0.628. The molecule has 0 unspecified atom stereocenters. The molecule has 96 valence electrons. The molecule has 0 spiro atoms. The summed E-state index contributed by atoms with van der Waals surface area (Å²) in [4.78, 5) is 15.8. The van der Waals surface area contributed by atoms with E-state index in [2.05, 4.69) is 11.9 Å². The van der Waals surface area contributed by atoms with Gasteiger partial charge in [0, 0.05) is 11.2 Å². The molecule has 0 saturated heterocycles. The maximum Gasteiger partial charge on any atom is 0.311 e. The quantitative estimate of drug-likeness (QED) is 0.617. The molecular formula is C13H15ClN2O2. The number of esters is 1. The van der Waals surface area contributed by atoms with Crippen molar-refractivity contribution in [1.82, 2.24) is 9.38 Å². The second-order valence-electron chi connectivity index (χ2n) is 4.08. The highest BCUT2D eigenvalue weighted by molar-refractivity contribution is 6.30. The van der Waals surface area contributed by atoms with Crippen LogP contribution in [0.1, 0.15) is 25.5 Å². The van der Waals surface area contributed by atoms with Gasteiger partial charge in [-0.3, -0.25) is 4.79 Å². The van der Waals surface area contributed by atoms with Gasteiger partial charge in [0.15, 0.2) is 0 Å². The van der Waals surface area contributed by atoms with Crippen LogP contribution in [0, 0.1) is 0 Å². The van der Waals surface area contributed by atoms with Gasteiger partial charge in [0.2, 0.25) is 0 Å². The third-order valence-corrected chi connectivity index (χ3v) is 2.89. The number of imidazole rings is 1. The van der Waals surface area contributed by atoms with Gasteiger partial charge in [0.25, 0.3) is 0 Å². The number of carbonyl (C=O) groups excluding carboxylic acids is 1. The van der Waals surface area contributed by atoms with E-state index in [1.165, 1.54) is 0 Å². The Morgan fingerprint density at radius 2 is 2.39 bits per heavy atom. The summed E-state index contributed by atoms with van der Waals surface area (Å²) in [5.41, 5.74) is 1.54. The summed E-state index contributed by atoms with van der Waals surface area (Å²) in [6.07, 6.45) is 5.56. The van der Waals surface area contributed by atoms with E-state index in [1.54, 1.807) is 18.5 Å². The number of carbonyl (C=O) groups is 1. The van der Waals surface area contributed by atoms with Gasteiger partial charge < -0.3 is 9.14 Å². The lowest BCUT2D eigenvalue weighted by Crippen LogP contribution is -2.09. The lowest BCUT2D eigenvalue weighted by molar-refractivity contribution is -0.142. The number of hydrogen-bond donors (Lipinski definition) is 0. The standard InChI is InChI=1S/C13H15ClN2O2/c1-2-3-6-18-13(17)8-11-12-7-10(14)4-5-16(12)9-15-11/h4-5,7,9H,2-3,6,8H2,1H3. The monoisotopic (exact) mass is 266 g/mol. The number of nitrogens with zero attached hydrogens (tertiary/aromatic N) is 2. The molecule has 0 atom stereocenters. The van der Waals surface area contributed by atoms with Crippen molar-refractivity contribution in [3.05, 3.63) is 35.4 Å². The van der Waals surface area contributed by atoms with E-state index in [9.17, 15) is 4.79 Å². The fraction of sp³-hybridized carbons (Fsp3) is 0.385. The molecule has 2 rings (SSSR count). The largest absolute Gasteiger partial charge is 0.465 e. The molecule has 0 N–H and O–H groups in total. The van der Waals surface area contributed by atoms with E-state index in [0.717, 1.165) is 18.4 Å². The molecule has 0 aliphatic heterocycles. The van der Waals surface area contributed by atoms with Crippen LogP contribution in [0.2, 0.25) is 5.02 Å². The first kappa shape index (κ1) is 12.9. The summed E-state index contributed by atoms with van der Waals surface area (Å²) in [6.45, 7) is 2.53. The van der Waals surface area contributed by atoms with E-state index >= 15 is 0 Å². The topological polar surface area (TPSA) is 43.6 Å². The zero-order valence-corrected chi connectivity index (χ0v) is 11.0. The molecule has 0 fully saturated rings. The number of hydrogen-bond acceptors (Lipinski definition) is 3. The zero-order valence-electron chi connectivity index (χ0n) is 10.2. The zero-order chi connectivity index (χ0) is 13.0. The molecule has 2 aromatic rings. The SMILES string of the molecule is CCCCOC(=O)Cc1ncn2ccc(Cl)cc12. The van der Waals surface area contributed by atoms with Crippen LogP contribution in [-0.2, 0) is 16.0 Å². The van der Waals surface area contributed by atoms with Gasteiger partial charge in [-0.05, 0) is 18.6 Å². The fourth-order valence-electron chi connectivity index (χ4n) is 1.67. The molecule has 0 aliphatic carbocycles. The first-order valence-corrected chi connectivity index (χ1v) is 6.35. The second kappa shape index (κ2) is 5.87. The molecule has 0 bridgehead atoms. The van der Waals surface area contributed by atoms with Crippen LogP contribution in [0.4, 0.5) is 0 Å². The van der Waals surface area contributed by atoms with Gasteiger partial charge in [-0.2, -0.15) is 0 Å². The maximum absolute atomic E-state index is 11.6. The highest BCUT2D eigenvalue weighted by Gasteiger charge is 2.11. The van der Waals surface area contributed by atoms with Crippen LogP contribution < -0.4 is 0 Å². The Labute approximate surface area is 111 Å².